The second-order valence-corrected chi connectivity index (χ2v) is 7.09. The third kappa shape index (κ3) is 3.85. The van der Waals surface area contributed by atoms with E-state index in [9.17, 15) is 4.79 Å². The van der Waals surface area contributed by atoms with Crippen LogP contribution in [-0.4, -0.2) is 55.5 Å². The molecule has 2 aliphatic rings. The van der Waals surface area contributed by atoms with Gasteiger partial charge in [0.15, 0.2) is 0 Å². The summed E-state index contributed by atoms with van der Waals surface area (Å²) in [4.78, 5) is 13.8. The summed E-state index contributed by atoms with van der Waals surface area (Å²) in [6.45, 7) is 10.4. The SMILES string of the molecule is COCCC(C)NC1C2CN(C(=O)OC(C)(C)C)CC21. The quantitative estimate of drug-likeness (QED) is 0.837. The number of carbonyl (C=O) groups is 1. The molecule has 5 nitrogen and oxygen atoms in total. The minimum atomic E-state index is -0.407. The van der Waals surface area contributed by atoms with E-state index in [-0.39, 0.29) is 6.09 Å². The molecular formula is C15H28N2O3. The van der Waals surface area contributed by atoms with E-state index in [2.05, 4.69) is 12.2 Å². The van der Waals surface area contributed by atoms with Crippen molar-refractivity contribution >= 4 is 6.09 Å². The van der Waals surface area contributed by atoms with E-state index in [1.807, 2.05) is 25.7 Å². The zero-order valence-corrected chi connectivity index (χ0v) is 13.3. The van der Waals surface area contributed by atoms with Crippen molar-refractivity contribution in [2.45, 2.75) is 51.8 Å². The van der Waals surface area contributed by atoms with Crippen LogP contribution in [-0.2, 0) is 9.47 Å². The molecule has 0 aromatic heterocycles. The van der Waals surface area contributed by atoms with E-state index in [0.717, 1.165) is 26.1 Å². The number of methoxy groups -OCH3 is 1. The second kappa shape index (κ2) is 5.90. The first kappa shape index (κ1) is 15.6. The van der Waals surface area contributed by atoms with Gasteiger partial charge in [-0.25, -0.2) is 4.79 Å². The summed E-state index contributed by atoms with van der Waals surface area (Å²) in [5.74, 6) is 1.21. The number of rotatable bonds is 5. The lowest BCUT2D eigenvalue weighted by atomic mass is 10.2. The molecule has 2 fully saturated rings. The maximum atomic E-state index is 12.0. The van der Waals surface area contributed by atoms with Crippen molar-refractivity contribution < 1.29 is 14.3 Å². The van der Waals surface area contributed by atoms with Gasteiger partial charge in [-0.05, 0) is 46.0 Å². The molecule has 0 aromatic carbocycles. The molecule has 0 radical (unpaired) electrons. The Morgan fingerprint density at radius 3 is 2.45 bits per heavy atom. The molecule has 1 saturated carbocycles. The van der Waals surface area contributed by atoms with Gasteiger partial charge in [0.05, 0.1) is 0 Å². The molecule has 1 amide bonds. The zero-order valence-electron chi connectivity index (χ0n) is 13.3. The molecule has 0 aromatic rings. The van der Waals surface area contributed by atoms with E-state index in [4.69, 9.17) is 9.47 Å². The summed E-state index contributed by atoms with van der Waals surface area (Å²) in [7, 11) is 1.73. The van der Waals surface area contributed by atoms with Gasteiger partial charge in [0.2, 0.25) is 0 Å². The summed E-state index contributed by atoms with van der Waals surface area (Å²) < 4.78 is 10.5. The molecule has 1 saturated heterocycles. The molecule has 1 N–H and O–H groups in total. The van der Waals surface area contributed by atoms with Gasteiger partial charge >= 0.3 is 6.09 Å². The van der Waals surface area contributed by atoms with Crippen molar-refractivity contribution in [3.63, 3.8) is 0 Å². The molecule has 5 heteroatoms. The van der Waals surface area contributed by atoms with Crippen LogP contribution in [0, 0.1) is 11.8 Å². The zero-order chi connectivity index (χ0) is 14.9. The molecule has 1 aliphatic heterocycles. The summed E-state index contributed by atoms with van der Waals surface area (Å²) in [5.41, 5.74) is -0.407. The number of carbonyl (C=O) groups excluding carboxylic acids is 1. The van der Waals surface area contributed by atoms with Crippen LogP contribution in [0.5, 0.6) is 0 Å². The molecule has 116 valence electrons. The predicted molar refractivity (Wildman–Crippen MR) is 77.7 cm³/mol. The summed E-state index contributed by atoms with van der Waals surface area (Å²) in [6, 6.07) is 1.04. The van der Waals surface area contributed by atoms with Crippen molar-refractivity contribution in [3.05, 3.63) is 0 Å². The molecule has 20 heavy (non-hydrogen) atoms. The standard InChI is InChI=1S/C15H28N2O3/c1-10(6-7-19-5)16-13-11-8-17(9-12(11)13)14(18)20-15(2,3)4/h10-13,16H,6-9H2,1-5H3. The smallest absolute Gasteiger partial charge is 0.410 e. The highest BCUT2D eigenvalue weighted by molar-refractivity contribution is 5.69. The van der Waals surface area contributed by atoms with Gasteiger partial charge in [-0.15, -0.1) is 0 Å². The molecule has 3 atom stereocenters. The topological polar surface area (TPSA) is 50.8 Å². The number of hydrogen-bond acceptors (Lipinski definition) is 4. The Hall–Kier alpha value is -0.810. The Kier molecular flexibility index (Phi) is 4.59. The number of amides is 1. The number of piperidine rings is 1. The molecular weight excluding hydrogens is 256 g/mol. The molecule has 0 spiro atoms. The van der Waals surface area contributed by atoms with Crippen LogP contribution in [0.3, 0.4) is 0 Å². The lowest BCUT2D eigenvalue weighted by molar-refractivity contribution is 0.0268. The maximum absolute atomic E-state index is 12.0. The summed E-state index contributed by atoms with van der Waals surface area (Å²) >= 11 is 0. The Morgan fingerprint density at radius 1 is 1.35 bits per heavy atom. The van der Waals surface area contributed by atoms with E-state index < -0.39 is 5.60 Å². The van der Waals surface area contributed by atoms with Crippen LogP contribution in [0.15, 0.2) is 0 Å². The number of likely N-dealkylation sites (tertiary alicyclic amines) is 1. The average Bonchev–Trinajstić information content (AvgIpc) is 2.79. The van der Waals surface area contributed by atoms with Gasteiger partial charge in [0.25, 0.3) is 0 Å². The van der Waals surface area contributed by atoms with Crippen LogP contribution < -0.4 is 5.32 Å². The number of hydrogen-bond donors (Lipinski definition) is 1. The fourth-order valence-electron chi connectivity index (χ4n) is 2.96. The average molecular weight is 284 g/mol. The van der Waals surface area contributed by atoms with E-state index in [0.29, 0.717) is 23.9 Å². The van der Waals surface area contributed by atoms with E-state index >= 15 is 0 Å². The van der Waals surface area contributed by atoms with Gasteiger partial charge < -0.3 is 19.7 Å². The fraction of sp³-hybridized carbons (Fsp3) is 0.933. The summed E-state index contributed by atoms with van der Waals surface area (Å²) in [5, 5.41) is 3.64. The monoisotopic (exact) mass is 284 g/mol. The van der Waals surface area contributed by atoms with Crippen molar-refractivity contribution in [3.8, 4) is 0 Å². The lowest BCUT2D eigenvalue weighted by Gasteiger charge is -2.26. The van der Waals surface area contributed by atoms with Gasteiger partial charge in [-0.1, -0.05) is 0 Å². The van der Waals surface area contributed by atoms with E-state index in [1.165, 1.54) is 0 Å². The third-order valence-electron chi connectivity index (χ3n) is 4.08. The molecule has 2 rings (SSSR count). The molecule has 0 bridgehead atoms. The lowest BCUT2D eigenvalue weighted by Crippen LogP contribution is -2.40. The Balaban J connectivity index is 1.70. The fourth-order valence-corrected chi connectivity index (χ4v) is 2.96. The highest BCUT2D eigenvalue weighted by atomic mass is 16.6. The largest absolute Gasteiger partial charge is 0.444 e. The number of fused-ring (bicyclic) bond motifs is 1. The number of ether oxygens (including phenoxy) is 2. The van der Waals surface area contributed by atoms with Crippen molar-refractivity contribution in [1.29, 1.82) is 0 Å². The highest BCUT2D eigenvalue weighted by Gasteiger charge is 2.57. The Labute approximate surface area is 122 Å². The van der Waals surface area contributed by atoms with Gasteiger partial charge in [0, 0.05) is 38.9 Å². The Morgan fingerprint density at radius 2 is 1.95 bits per heavy atom. The van der Waals surface area contributed by atoms with Crippen LogP contribution in [0.2, 0.25) is 0 Å². The van der Waals surface area contributed by atoms with Crippen LogP contribution >= 0.6 is 0 Å². The first-order valence-corrected chi connectivity index (χ1v) is 7.54. The maximum Gasteiger partial charge on any atom is 0.410 e. The number of nitrogens with zero attached hydrogens (tertiary/aromatic N) is 1. The van der Waals surface area contributed by atoms with Crippen LogP contribution in [0.4, 0.5) is 4.79 Å². The van der Waals surface area contributed by atoms with Crippen molar-refractivity contribution in [2.75, 3.05) is 26.8 Å². The first-order chi connectivity index (χ1) is 9.31. The minimum Gasteiger partial charge on any atom is -0.444 e. The molecule has 1 heterocycles. The number of nitrogens with one attached hydrogen (secondary N) is 1. The van der Waals surface area contributed by atoms with E-state index in [1.54, 1.807) is 7.11 Å². The predicted octanol–water partition coefficient (Wildman–Crippen LogP) is 1.87. The normalized spacial score (nSPS) is 30.1. The Bertz CT molecular complexity index is 342. The second-order valence-electron chi connectivity index (χ2n) is 7.09. The van der Waals surface area contributed by atoms with Crippen LogP contribution in [0.25, 0.3) is 0 Å². The molecule has 1 aliphatic carbocycles. The molecule has 3 unspecified atom stereocenters. The van der Waals surface area contributed by atoms with Gasteiger partial charge in [-0.3, -0.25) is 0 Å². The third-order valence-corrected chi connectivity index (χ3v) is 4.08. The summed E-state index contributed by atoms with van der Waals surface area (Å²) in [6.07, 6.45) is 0.860. The van der Waals surface area contributed by atoms with Gasteiger partial charge in [0.1, 0.15) is 5.60 Å². The van der Waals surface area contributed by atoms with Crippen LogP contribution in [0.1, 0.15) is 34.1 Å². The first-order valence-electron chi connectivity index (χ1n) is 7.54. The van der Waals surface area contributed by atoms with Crippen molar-refractivity contribution in [1.82, 2.24) is 10.2 Å². The highest BCUT2D eigenvalue weighted by Crippen LogP contribution is 2.46. The minimum absolute atomic E-state index is 0.170. The van der Waals surface area contributed by atoms with Gasteiger partial charge in [-0.2, -0.15) is 0 Å². The van der Waals surface area contributed by atoms with Crippen molar-refractivity contribution in [2.24, 2.45) is 11.8 Å².